The number of carbonyl (C=O) groups is 1. The van der Waals surface area contributed by atoms with Gasteiger partial charge in [0.05, 0.1) is 5.60 Å². The molecule has 1 aromatic rings. The molecule has 0 radical (unpaired) electrons. The lowest BCUT2D eigenvalue weighted by atomic mass is 10.2. The number of rotatable bonds is 3. The van der Waals surface area contributed by atoms with Crippen molar-refractivity contribution in [1.29, 1.82) is 0 Å². The molecule has 4 heteroatoms. The van der Waals surface area contributed by atoms with Gasteiger partial charge in [0, 0.05) is 25.3 Å². The predicted octanol–water partition coefficient (Wildman–Crippen LogP) is 2.21. The zero-order valence-electron chi connectivity index (χ0n) is 11.1. The van der Waals surface area contributed by atoms with Crippen LogP contribution in [0.5, 0.6) is 0 Å². The van der Waals surface area contributed by atoms with E-state index in [0.29, 0.717) is 5.56 Å². The molecule has 1 aromatic carbocycles. The number of nitrogens with one attached hydrogen (secondary N) is 1. The molecule has 0 aliphatic heterocycles. The Morgan fingerprint density at radius 2 is 1.71 bits per heavy atom. The molecule has 0 aliphatic carbocycles. The van der Waals surface area contributed by atoms with E-state index in [9.17, 15) is 4.79 Å². The highest BCUT2D eigenvalue weighted by atomic mass is 16.7. The standard InChI is InChI=1S/C13H20N2O2/c1-13(2,3)17-14-12(16)10-6-8-11(9-7-10)15(4)5/h6-9H,1-5H3,(H,14,16). The van der Waals surface area contributed by atoms with Gasteiger partial charge in [0.15, 0.2) is 0 Å². The van der Waals surface area contributed by atoms with E-state index in [1.165, 1.54) is 0 Å². The summed E-state index contributed by atoms with van der Waals surface area (Å²) in [6, 6.07) is 7.34. The smallest absolute Gasteiger partial charge is 0.274 e. The number of hydroxylamine groups is 1. The normalized spacial score (nSPS) is 11.1. The number of hydrogen-bond acceptors (Lipinski definition) is 3. The first-order valence-electron chi connectivity index (χ1n) is 5.55. The number of hydrogen-bond donors (Lipinski definition) is 1. The van der Waals surface area contributed by atoms with Crippen LogP contribution in [0.25, 0.3) is 0 Å². The van der Waals surface area contributed by atoms with E-state index in [4.69, 9.17) is 4.84 Å². The fourth-order valence-electron chi connectivity index (χ4n) is 1.17. The summed E-state index contributed by atoms with van der Waals surface area (Å²) in [6.45, 7) is 5.63. The maximum Gasteiger partial charge on any atom is 0.274 e. The molecular formula is C13H20N2O2. The third kappa shape index (κ3) is 4.44. The quantitative estimate of drug-likeness (QED) is 0.818. The fraction of sp³-hybridized carbons (Fsp3) is 0.462. The molecule has 0 spiro atoms. The fourth-order valence-corrected chi connectivity index (χ4v) is 1.17. The van der Waals surface area contributed by atoms with Crippen molar-refractivity contribution in [2.24, 2.45) is 0 Å². The van der Waals surface area contributed by atoms with Crippen LogP contribution in [0.15, 0.2) is 24.3 Å². The van der Waals surface area contributed by atoms with Crippen molar-refractivity contribution in [3.05, 3.63) is 29.8 Å². The van der Waals surface area contributed by atoms with Gasteiger partial charge in [-0.05, 0) is 45.0 Å². The van der Waals surface area contributed by atoms with E-state index >= 15 is 0 Å². The largest absolute Gasteiger partial charge is 0.378 e. The Bertz CT molecular complexity index is 377. The van der Waals surface area contributed by atoms with Gasteiger partial charge in [0.25, 0.3) is 5.91 Å². The maximum absolute atomic E-state index is 11.7. The Morgan fingerprint density at radius 1 is 1.18 bits per heavy atom. The van der Waals surface area contributed by atoms with Crippen LogP contribution >= 0.6 is 0 Å². The predicted molar refractivity (Wildman–Crippen MR) is 69.1 cm³/mol. The molecule has 0 saturated heterocycles. The third-order valence-electron chi connectivity index (χ3n) is 2.10. The van der Waals surface area contributed by atoms with Crippen LogP contribution in [0.1, 0.15) is 31.1 Å². The van der Waals surface area contributed by atoms with Crippen LogP contribution in [-0.4, -0.2) is 25.6 Å². The molecule has 0 aromatic heterocycles. The van der Waals surface area contributed by atoms with Gasteiger partial charge in [-0.3, -0.25) is 9.63 Å². The van der Waals surface area contributed by atoms with Gasteiger partial charge in [-0.1, -0.05) is 0 Å². The first-order valence-corrected chi connectivity index (χ1v) is 5.55. The summed E-state index contributed by atoms with van der Waals surface area (Å²) < 4.78 is 0. The number of amides is 1. The Morgan fingerprint density at radius 3 is 2.12 bits per heavy atom. The number of carbonyl (C=O) groups excluding carboxylic acids is 1. The van der Waals surface area contributed by atoms with Gasteiger partial charge >= 0.3 is 0 Å². The third-order valence-corrected chi connectivity index (χ3v) is 2.10. The van der Waals surface area contributed by atoms with Gasteiger partial charge < -0.3 is 4.90 Å². The Hall–Kier alpha value is -1.55. The van der Waals surface area contributed by atoms with Crippen molar-refractivity contribution in [2.45, 2.75) is 26.4 Å². The molecule has 17 heavy (non-hydrogen) atoms. The average molecular weight is 236 g/mol. The summed E-state index contributed by atoms with van der Waals surface area (Å²) in [4.78, 5) is 18.9. The Kier molecular flexibility index (Phi) is 4.12. The minimum Gasteiger partial charge on any atom is -0.378 e. The van der Waals surface area contributed by atoms with E-state index in [-0.39, 0.29) is 11.5 Å². The molecule has 0 atom stereocenters. The van der Waals surface area contributed by atoms with Crippen molar-refractivity contribution >= 4 is 11.6 Å². The summed E-state index contributed by atoms with van der Waals surface area (Å²) in [5.41, 5.74) is 3.68. The highest BCUT2D eigenvalue weighted by molar-refractivity contribution is 5.93. The van der Waals surface area contributed by atoms with E-state index in [1.807, 2.05) is 51.9 Å². The topological polar surface area (TPSA) is 41.6 Å². The van der Waals surface area contributed by atoms with Crippen molar-refractivity contribution in [3.8, 4) is 0 Å². The first kappa shape index (κ1) is 13.5. The van der Waals surface area contributed by atoms with Gasteiger partial charge in [-0.2, -0.15) is 0 Å². The minimum atomic E-state index is -0.390. The van der Waals surface area contributed by atoms with Crippen LogP contribution in [0.4, 0.5) is 5.69 Å². The molecule has 0 aliphatic rings. The Labute approximate surface area is 103 Å². The highest BCUT2D eigenvalue weighted by Gasteiger charge is 2.13. The molecule has 0 saturated carbocycles. The summed E-state index contributed by atoms with van der Waals surface area (Å²) in [7, 11) is 3.91. The van der Waals surface area contributed by atoms with Crippen molar-refractivity contribution < 1.29 is 9.63 Å². The van der Waals surface area contributed by atoms with Gasteiger partial charge in [-0.25, -0.2) is 5.48 Å². The molecular weight excluding hydrogens is 216 g/mol. The summed E-state index contributed by atoms with van der Waals surface area (Å²) in [5, 5.41) is 0. The molecule has 0 fully saturated rings. The minimum absolute atomic E-state index is 0.231. The lowest BCUT2D eigenvalue weighted by Crippen LogP contribution is -2.33. The van der Waals surface area contributed by atoms with E-state index in [0.717, 1.165) is 5.69 Å². The SMILES string of the molecule is CN(C)c1ccc(C(=O)NOC(C)(C)C)cc1. The van der Waals surface area contributed by atoms with Gasteiger partial charge in [-0.15, -0.1) is 0 Å². The number of anilines is 1. The zero-order chi connectivity index (χ0) is 13.1. The van der Waals surface area contributed by atoms with Gasteiger partial charge in [0.1, 0.15) is 0 Å². The molecule has 1 N–H and O–H groups in total. The van der Waals surface area contributed by atoms with E-state index in [1.54, 1.807) is 12.1 Å². The second kappa shape index (κ2) is 5.19. The molecule has 1 rings (SSSR count). The van der Waals surface area contributed by atoms with E-state index in [2.05, 4.69) is 5.48 Å². The van der Waals surface area contributed by atoms with Crippen molar-refractivity contribution in [3.63, 3.8) is 0 Å². The molecule has 0 bridgehead atoms. The second-order valence-electron chi connectivity index (χ2n) is 5.09. The monoisotopic (exact) mass is 236 g/mol. The maximum atomic E-state index is 11.7. The lowest BCUT2D eigenvalue weighted by Gasteiger charge is -2.19. The average Bonchev–Trinajstić information content (AvgIpc) is 2.25. The van der Waals surface area contributed by atoms with Crippen LogP contribution in [0.2, 0.25) is 0 Å². The van der Waals surface area contributed by atoms with Crippen LogP contribution in [-0.2, 0) is 4.84 Å². The van der Waals surface area contributed by atoms with Crippen LogP contribution in [0.3, 0.4) is 0 Å². The van der Waals surface area contributed by atoms with Gasteiger partial charge in [0.2, 0.25) is 0 Å². The van der Waals surface area contributed by atoms with Crippen LogP contribution < -0.4 is 10.4 Å². The number of nitrogens with zero attached hydrogens (tertiary/aromatic N) is 1. The summed E-state index contributed by atoms with van der Waals surface area (Å²) >= 11 is 0. The van der Waals surface area contributed by atoms with Crippen molar-refractivity contribution in [1.82, 2.24) is 5.48 Å². The summed E-state index contributed by atoms with van der Waals surface area (Å²) in [6.07, 6.45) is 0. The molecule has 0 heterocycles. The molecule has 1 amide bonds. The van der Waals surface area contributed by atoms with Crippen LogP contribution in [0, 0.1) is 0 Å². The molecule has 0 unspecified atom stereocenters. The van der Waals surface area contributed by atoms with Crippen molar-refractivity contribution in [2.75, 3.05) is 19.0 Å². The second-order valence-corrected chi connectivity index (χ2v) is 5.09. The lowest BCUT2D eigenvalue weighted by molar-refractivity contribution is -0.0589. The molecule has 4 nitrogen and oxygen atoms in total. The highest BCUT2D eigenvalue weighted by Crippen LogP contribution is 2.12. The Balaban J connectivity index is 2.64. The zero-order valence-corrected chi connectivity index (χ0v) is 11.1. The summed E-state index contributed by atoms with van der Waals surface area (Å²) in [5.74, 6) is -0.231. The molecule has 94 valence electrons. The number of benzene rings is 1. The van der Waals surface area contributed by atoms with E-state index < -0.39 is 0 Å². The first-order chi connectivity index (χ1) is 7.79.